The monoisotopic (exact) mass is 416 g/mol. The Bertz CT molecular complexity index is 1110. The number of carbonyl (C=O) groups excluding carboxylic acids is 2. The SMILES string of the molecule is Cc1ccc(C(=O)CCC(=O)OCc2nc3sc4c(c3c(=O)[nH]2)CCCC4)s1. The van der Waals surface area contributed by atoms with Gasteiger partial charge in [0.2, 0.25) is 0 Å². The van der Waals surface area contributed by atoms with Crippen LogP contribution in [0.3, 0.4) is 0 Å². The van der Waals surface area contributed by atoms with Gasteiger partial charge >= 0.3 is 5.97 Å². The second kappa shape index (κ2) is 7.97. The highest BCUT2D eigenvalue weighted by atomic mass is 32.1. The summed E-state index contributed by atoms with van der Waals surface area (Å²) >= 11 is 2.98. The minimum Gasteiger partial charge on any atom is -0.458 e. The molecular formula is C20H20N2O4S2. The van der Waals surface area contributed by atoms with Gasteiger partial charge in [-0.05, 0) is 50.3 Å². The molecule has 1 aliphatic rings. The maximum absolute atomic E-state index is 12.5. The lowest BCUT2D eigenvalue weighted by Gasteiger charge is -2.09. The molecule has 0 aliphatic heterocycles. The number of hydrogen-bond donors (Lipinski definition) is 1. The summed E-state index contributed by atoms with van der Waals surface area (Å²) in [6.07, 6.45) is 4.28. The number of esters is 1. The number of fused-ring (bicyclic) bond motifs is 3. The zero-order valence-electron chi connectivity index (χ0n) is 15.5. The molecule has 0 bridgehead atoms. The molecule has 1 N–H and O–H groups in total. The van der Waals surface area contributed by atoms with Gasteiger partial charge in [-0.15, -0.1) is 22.7 Å². The molecule has 0 amide bonds. The number of nitrogens with zero attached hydrogens (tertiary/aromatic N) is 1. The lowest BCUT2D eigenvalue weighted by molar-refractivity contribution is -0.145. The van der Waals surface area contributed by atoms with Crippen LogP contribution in [0.15, 0.2) is 16.9 Å². The van der Waals surface area contributed by atoms with Gasteiger partial charge in [-0.25, -0.2) is 4.98 Å². The van der Waals surface area contributed by atoms with Crippen molar-refractivity contribution in [2.45, 2.75) is 52.1 Å². The molecule has 146 valence electrons. The molecule has 3 aromatic heterocycles. The number of nitrogens with one attached hydrogen (secondary N) is 1. The third-order valence-corrected chi connectivity index (χ3v) is 7.04. The van der Waals surface area contributed by atoms with E-state index in [1.807, 2.05) is 13.0 Å². The number of ether oxygens (including phenoxy) is 1. The van der Waals surface area contributed by atoms with E-state index in [2.05, 4.69) is 9.97 Å². The molecule has 0 spiro atoms. The number of carbonyl (C=O) groups is 2. The second-order valence-corrected chi connectivity index (χ2v) is 9.27. The molecule has 0 unspecified atom stereocenters. The minimum absolute atomic E-state index is 0.00948. The highest BCUT2D eigenvalue weighted by Crippen LogP contribution is 2.33. The number of ketones is 1. The molecular weight excluding hydrogens is 396 g/mol. The van der Waals surface area contributed by atoms with E-state index in [-0.39, 0.29) is 30.8 Å². The van der Waals surface area contributed by atoms with E-state index in [4.69, 9.17) is 4.74 Å². The lowest BCUT2D eigenvalue weighted by atomic mass is 9.97. The van der Waals surface area contributed by atoms with Crippen molar-refractivity contribution in [3.63, 3.8) is 0 Å². The van der Waals surface area contributed by atoms with Crippen LogP contribution >= 0.6 is 22.7 Å². The molecule has 0 atom stereocenters. The fourth-order valence-electron chi connectivity index (χ4n) is 3.42. The van der Waals surface area contributed by atoms with Crippen LogP contribution < -0.4 is 5.56 Å². The lowest BCUT2D eigenvalue weighted by Crippen LogP contribution is -2.15. The molecule has 0 radical (unpaired) electrons. The summed E-state index contributed by atoms with van der Waals surface area (Å²) < 4.78 is 5.21. The predicted molar refractivity (Wildman–Crippen MR) is 109 cm³/mol. The summed E-state index contributed by atoms with van der Waals surface area (Å²) in [6, 6.07) is 3.66. The number of hydrogen-bond acceptors (Lipinski definition) is 7. The number of rotatable bonds is 6. The van der Waals surface area contributed by atoms with Gasteiger partial charge in [0.15, 0.2) is 5.78 Å². The maximum atomic E-state index is 12.5. The molecule has 4 rings (SSSR count). The quantitative estimate of drug-likeness (QED) is 0.486. The molecule has 1 aliphatic carbocycles. The molecule has 0 saturated heterocycles. The predicted octanol–water partition coefficient (Wildman–Crippen LogP) is 3.94. The standard InChI is InChI=1S/C20H20N2O4S2/c1-11-6-8-15(27-11)13(23)7-9-17(24)26-10-16-21-19(25)18-12-4-2-3-5-14(12)28-20(18)22-16/h6,8H,2-5,7,9-10H2,1H3,(H,21,22,25). The average Bonchev–Trinajstić information content (AvgIpc) is 3.27. The molecule has 0 aromatic carbocycles. The van der Waals surface area contributed by atoms with E-state index in [1.165, 1.54) is 16.2 Å². The summed E-state index contributed by atoms with van der Waals surface area (Å²) in [5.41, 5.74) is 0.963. The van der Waals surface area contributed by atoms with E-state index in [1.54, 1.807) is 17.4 Å². The van der Waals surface area contributed by atoms with Crippen molar-refractivity contribution >= 4 is 44.6 Å². The van der Waals surface area contributed by atoms with E-state index >= 15 is 0 Å². The summed E-state index contributed by atoms with van der Waals surface area (Å²) in [5, 5.41) is 0.687. The van der Waals surface area contributed by atoms with Crippen LogP contribution in [-0.4, -0.2) is 21.7 Å². The Morgan fingerprint density at radius 1 is 1.18 bits per heavy atom. The summed E-state index contributed by atoms with van der Waals surface area (Å²) in [4.78, 5) is 47.4. The van der Waals surface area contributed by atoms with Crippen LogP contribution in [0.25, 0.3) is 10.2 Å². The van der Waals surface area contributed by atoms with Crippen LogP contribution in [0, 0.1) is 6.92 Å². The Morgan fingerprint density at radius 2 is 2.00 bits per heavy atom. The van der Waals surface area contributed by atoms with Crippen molar-refractivity contribution in [1.82, 2.24) is 9.97 Å². The normalized spacial score (nSPS) is 13.5. The van der Waals surface area contributed by atoms with Crippen LogP contribution in [0.1, 0.15) is 56.5 Å². The van der Waals surface area contributed by atoms with Gasteiger partial charge in [0.05, 0.1) is 16.7 Å². The van der Waals surface area contributed by atoms with Gasteiger partial charge in [0.25, 0.3) is 5.56 Å². The highest BCUT2D eigenvalue weighted by molar-refractivity contribution is 7.18. The summed E-state index contributed by atoms with van der Waals surface area (Å²) in [7, 11) is 0. The first-order valence-corrected chi connectivity index (χ1v) is 10.9. The Balaban J connectivity index is 1.38. The smallest absolute Gasteiger partial charge is 0.306 e. The van der Waals surface area contributed by atoms with E-state index in [0.29, 0.717) is 20.9 Å². The molecule has 3 aromatic rings. The fraction of sp³-hybridized carbons (Fsp3) is 0.400. The van der Waals surface area contributed by atoms with Gasteiger partial charge in [-0.2, -0.15) is 0 Å². The van der Waals surface area contributed by atoms with Gasteiger partial charge in [-0.3, -0.25) is 14.4 Å². The third-order valence-electron chi connectivity index (χ3n) is 4.82. The number of aromatic amines is 1. The summed E-state index contributed by atoms with van der Waals surface area (Å²) in [5.74, 6) is -0.202. The molecule has 0 fully saturated rings. The number of H-pyrrole nitrogens is 1. The topological polar surface area (TPSA) is 89.1 Å². The van der Waals surface area contributed by atoms with Crippen molar-refractivity contribution in [2.24, 2.45) is 0 Å². The Kier molecular flexibility index (Phi) is 5.41. The zero-order valence-corrected chi connectivity index (χ0v) is 17.1. The number of thiophene rings is 2. The molecule has 6 nitrogen and oxygen atoms in total. The van der Waals surface area contributed by atoms with Gasteiger partial charge in [0.1, 0.15) is 17.3 Å². The Labute approximate surface area is 169 Å². The van der Waals surface area contributed by atoms with Gasteiger partial charge in [-0.1, -0.05) is 0 Å². The van der Waals surface area contributed by atoms with Crippen molar-refractivity contribution in [3.8, 4) is 0 Å². The van der Waals surface area contributed by atoms with E-state index in [0.717, 1.165) is 36.1 Å². The number of aromatic nitrogens is 2. The van der Waals surface area contributed by atoms with Gasteiger partial charge in [0, 0.05) is 16.2 Å². The fourth-order valence-corrected chi connectivity index (χ4v) is 5.54. The molecule has 3 heterocycles. The first-order valence-electron chi connectivity index (χ1n) is 9.30. The van der Waals surface area contributed by atoms with Crippen LogP contribution in [0.4, 0.5) is 0 Å². The molecule has 8 heteroatoms. The Morgan fingerprint density at radius 3 is 2.79 bits per heavy atom. The highest BCUT2D eigenvalue weighted by Gasteiger charge is 2.20. The average molecular weight is 417 g/mol. The first-order chi connectivity index (χ1) is 13.5. The number of Topliss-reactive ketones (excluding diaryl/α,β-unsaturated/α-hetero) is 1. The van der Waals surface area contributed by atoms with Gasteiger partial charge < -0.3 is 9.72 Å². The van der Waals surface area contributed by atoms with Crippen molar-refractivity contribution < 1.29 is 14.3 Å². The second-order valence-electron chi connectivity index (χ2n) is 6.90. The van der Waals surface area contributed by atoms with Crippen LogP contribution in [0.5, 0.6) is 0 Å². The molecule has 28 heavy (non-hydrogen) atoms. The minimum atomic E-state index is -0.477. The van der Waals surface area contributed by atoms with Crippen LogP contribution in [0.2, 0.25) is 0 Å². The van der Waals surface area contributed by atoms with E-state index in [9.17, 15) is 14.4 Å². The van der Waals surface area contributed by atoms with Crippen molar-refractivity contribution in [1.29, 1.82) is 0 Å². The van der Waals surface area contributed by atoms with Crippen LogP contribution in [-0.2, 0) is 29.0 Å². The van der Waals surface area contributed by atoms with Crippen molar-refractivity contribution in [3.05, 3.63) is 48.5 Å². The van der Waals surface area contributed by atoms with E-state index < -0.39 is 5.97 Å². The largest absolute Gasteiger partial charge is 0.458 e. The number of aryl methyl sites for hydroxylation is 3. The third kappa shape index (κ3) is 3.93. The zero-order chi connectivity index (χ0) is 19.7. The molecule has 0 saturated carbocycles. The summed E-state index contributed by atoms with van der Waals surface area (Å²) in [6.45, 7) is 1.84. The Hall–Kier alpha value is -2.32. The first kappa shape index (κ1) is 19.0. The maximum Gasteiger partial charge on any atom is 0.306 e. The van der Waals surface area contributed by atoms with Crippen molar-refractivity contribution in [2.75, 3.05) is 0 Å².